The average Bonchev–Trinajstić information content (AvgIpc) is 2.51. The molecule has 0 saturated heterocycles. The Morgan fingerprint density at radius 1 is 1.22 bits per heavy atom. The molecule has 0 radical (unpaired) electrons. The molecule has 3 N–H and O–H groups in total. The van der Waals surface area contributed by atoms with E-state index in [0.29, 0.717) is 23.6 Å². The van der Waals surface area contributed by atoms with Crippen LogP contribution < -0.4 is 9.88 Å². The number of nitrogens with two attached hydrogens (primary N) is 1. The molecule has 0 bridgehead atoms. The molecule has 0 atom stereocenters. The fourth-order valence-electron chi connectivity index (χ4n) is 1.81. The van der Waals surface area contributed by atoms with Crippen LogP contribution in [0.25, 0.3) is 0 Å². The third-order valence-electron chi connectivity index (χ3n) is 2.99. The van der Waals surface area contributed by atoms with E-state index in [1.165, 1.54) is 36.5 Å². The first kappa shape index (κ1) is 17.0. The van der Waals surface area contributed by atoms with Gasteiger partial charge in [0.15, 0.2) is 0 Å². The van der Waals surface area contributed by atoms with Crippen molar-refractivity contribution in [2.75, 3.05) is 6.61 Å². The van der Waals surface area contributed by atoms with Crippen LogP contribution in [0.15, 0.2) is 52.4 Å². The number of aliphatic imine (C=N–C) groups is 1. The van der Waals surface area contributed by atoms with Gasteiger partial charge in [0, 0.05) is 17.8 Å². The van der Waals surface area contributed by atoms with Crippen LogP contribution in [-0.2, 0) is 10.0 Å². The van der Waals surface area contributed by atoms with Crippen LogP contribution in [-0.4, -0.2) is 26.3 Å². The minimum absolute atomic E-state index is 0.0247. The summed E-state index contributed by atoms with van der Waals surface area (Å²) >= 11 is 0. The smallest absolute Gasteiger partial charge is 0.238 e. The molecule has 2 aromatic carbocycles. The monoisotopic (exact) mass is 334 g/mol. The van der Waals surface area contributed by atoms with Crippen molar-refractivity contribution in [1.82, 2.24) is 0 Å². The molecular formula is C16H18N2O4S. The molecule has 6 nitrogen and oxygen atoms in total. The summed E-state index contributed by atoms with van der Waals surface area (Å²) in [6, 6.07) is 10.8. The lowest BCUT2D eigenvalue weighted by Gasteiger charge is -2.06. The number of hydrogen-bond donors (Lipinski definition) is 2. The minimum Gasteiger partial charge on any atom is -0.507 e. The molecule has 0 amide bonds. The Kier molecular flexibility index (Phi) is 5.36. The van der Waals surface area contributed by atoms with E-state index in [-0.39, 0.29) is 10.6 Å². The van der Waals surface area contributed by atoms with E-state index >= 15 is 0 Å². The van der Waals surface area contributed by atoms with E-state index in [1.807, 2.05) is 6.92 Å². The zero-order chi connectivity index (χ0) is 16.9. The predicted octanol–water partition coefficient (Wildman–Crippen LogP) is 2.58. The third kappa shape index (κ3) is 4.80. The van der Waals surface area contributed by atoms with Crippen molar-refractivity contribution in [2.45, 2.75) is 18.2 Å². The van der Waals surface area contributed by atoms with Crippen LogP contribution in [0, 0.1) is 0 Å². The van der Waals surface area contributed by atoms with Crippen molar-refractivity contribution in [1.29, 1.82) is 0 Å². The average molecular weight is 334 g/mol. The van der Waals surface area contributed by atoms with Crippen LogP contribution in [0.2, 0.25) is 0 Å². The Morgan fingerprint density at radius 2 is 1.91 bits per heavy atom. The molecule has 0 saturated carbocycles. The van der Waals surface area contributed by atoms with Gasteiger partial charge in [0.1, 0.15) is 11.5 Å². The van der Waals surface area contributed by atoms with Gasteiger partial charge in [-0.3, -0.25) is 4.99 Å². The van der Waals surface area contributed by atoms with E-state index in [9.17, 15) is 13.5 Å². The maximum atomic E-state index is 11.2. The van der Waals surface area contributed by atoms with E-state index in [0.717, 1.165) is 6.42 Å². The first-order valence-electron chi connectivity index (χ1n) is 7.03. The Labute approximate surface area is 135 Å². The number of hydrogen-bond acceptors (Lipinski definition) is 5. The van der Waals surface area contributed by atoms with Crippen molar-refractivity contribution in [3.05, 3.63) is 48.0 Å². The van der Waals surface area contributed by atoms with Gasteiger partial charge in [0.25, 0.3) is 0 Å². The third-order valence-corrected chi connectivity index (χ3v) is 3.92. The first-order valence-corrected chi connectivity index (χ1v) is 8.57. The summed E-state index contributed by atoms with van der Waals surface area (Å²) in [6.45, 7) is 2.59. The van der Waals surface area contributed by atoms with Gasteiger partial charge < -0.3 is 9.84 Å². The number of aromatic hydroxyl groups is 1. The first-order chi connectivity index (χ1) is 10.9. The Hall–Kier alpha value is -2.38. The van der Waals surface area contributed by atoms with Crippen molar-refractivity contribution in [2.24, 2.45) is 10.1 Å². The van der Waals surface area contributed by atoms with Gasteiger partial charge in [-0.1, -0.05) is 6.92 Å². The fourth-order valence-corrected chi connectivity index (χ4v) is 2.32. The van der Waals surface area contributed by atoms with Crippen LogP contribution >= 0.6 is 0 Å². The van der Waals surface area contributed by atoms with Crippen LogP contribution in [0.3, 0.4) is 0 Å². The van der Waals surface area contributed by atoms with E-state index in [2.05, 4.69) is 4.99 Å². The second-order valence-electron chi connectivity index (χ2n) is 4.87. The van der Waals surface area contributed by atoms with Gasteiger partial charge in [0.2, 0.25) is 10.0 Å². The summed E-state index contributed by atoms with van der Waals surface area (Å²) in [6.07, 6.45) is 2.38. The molecule has 7 heteroatoms. The number of rotatable bonds is 6. The fraction of sp³-hybridized carbons (Fsp3) is 0.188. The van der Waals surface area contributed by atoms with Gasteiger partial charge in [0.05, 0.1) is 17.2 Å². The number of primary sulfonamides is 1. The summed E-state index contributed by atoms with van der Waals surface area (Å²) in [5, 5.41) is 15.0. The highest BCUT2D eigenvalue weighted by Crippen LogP contribution is 2.23. The molecule has 23 heavy (non-hydrogen) atoms. The number of phenolic OH excluding ortho intramolecular Hbond substituents is 1. The highest BCUT2D eigenvalue weighted by Gasteiger charge is 2.06. The molecule has 0 fully saturated rings. The van der Waals surface area contributed by atoms with Crippen molar-refractivity contribution in [3.63, 3.8) is 0 Å². The molecule has 0 aliphatic heterocycles. The maximum Gasteiger partial charge on any atom is 0.238 e. The van der Waals surface area contributed by atoms with Crippen molar-refractivity contribution >= 4 is 21.9 Å². The standard InChI is InChI=1S/C16H18N2O4S/c1-2-9-22-14-6-3-12(16(19)10-14)11-18-13-4-7-15(8-5-13)23(17,20)21/h3-8,10-11,19H,2,9H2,1H3,(H2,17,20,21). The van der Waals surface area contributed by atoms with Gasteiger partial charge >= 0.3 is 0 Å². The summed E-state index contributed by atoms with van der Waals surface area (Å²) in [7, 11) is -3.71. The molecule has 122 valence electrons. The molecule has 2 rings (SSSR count). The molecule has 0 heterocycles. The number of benzene rings is 2. The highest BCUT2D eigenvalue weighted by atomic mass is 32.2. The maximum absolute atomic E-state index is 11.2. The Balaban J connectivity index is 2.13. The number of sulfonamides is 1. The second-order valence-corrected chi connectivity index (χ2v) is 6.43. The molecule has 0 spiro atoms. The van der Waals surface area contributed by atoms with Gasteiger partial charge in [-0.15, -0.1) is 0 Å². The molecule has 0 unspecified atom stereocenters. The SMILES string of the molecule is CCCOc1ccc(C=Nc2ccc(S(N)(=O)=O)cc2)c(O)c1. The van der Waals surface area contributed by atoms with Gasteiger partial charge in [-0.25, -0.2) is 13.6 Å². The number of nitrogens with zero attached hydrogens (tertiary/aromatic N) is 1. The molecule has 0 aliphatic rings. The van der Waals surface area contributed by atoms with Crippen LogP contribution in [0.5, 0.6) is 11.5 Å². The lowest BCUT2D eigenvalue weighted by atomic mass is 10.2. The second kappa shape index (κ2) is 7.26. The summed E-state index contributed by atoms with van der Waals surface area (Å²) in [5.74, 6) is 0.655. The normalized spacial score (nSPS) is 11.7. The molecule has 0 aromatic heterocycles. The number of ether oxygens (including phenoxy) is 1. The number of phenols is 1. The lowest BCUT2D eigenvalue weighted by molar-refractivity contribution is 0.315. The van der Waals surface area contributed by atoms with E-state index in [1.54, 1.807) is 12.1 Å². The lowest BCUT2D eigenvalue weighted by Crippen LogP contribution is -2.11. The largest absolute Gasteiger partial charge is 0.507 e. The predicted molar refractivity (Wildman–Crippen MR) is 89.0 cm³/mol. The topological polar surface area (TPSA) is 102 Å². The molecular weight excluding hydrogens is 316 g/mol. The van der Waals surface area contributed by atoms with Crippen molar-refractivity contribution < 1.29 is 18.3 Å². The zero-order valence-electron chi connectivity index (χ0n) is 12.6. The van der Waals surface area contributed by atoms with Gasteiger partial charge in [-0.05, 0) is 42.8 Å². The molecule has 0 aliphatic carbocycles. The van der Waals surface area contributed by atoms with E-state index < -0.39 is 10.0 Å². The van der Waals surface area contributed by atoms with Gasteiger partial charge in [-0.2, -0.15) is 0 Å². The van der Waals surface area contributed by atoms with Crippen LogP contribution in [0.1, 0.15) is 18.9 Å². The zero-order valence-corrected chi connectivity index (χ0v) is 13.5. The van der Waals surface area contributed by atoms with Crippen LogP contribution in [0.4, 0.5) is 5.69 Å². The van der Waals surface area contributed by atoms with Crippen molar-refractivity contribution in [3.8, 4) is 11.5 Å². The summed E-state index contributed by atoms with van der Waals surface area (Å²) in [4.78, 5) is 4.22. The molecule has 2 aromatic rings. The minimum atomic E-state index is -3.71. The highest BCUT2D eigenvalue weighted by molar-refractivity contribution is 7.89. The van der Waals surface area contributed by atoms with E-state index in [4.69, 9.17) is 9.88 Å². The Bertz CT molecular complexity index is 799. The Morgan fingerprint density at radius 3 is 2.48 bits per heavy atom. The summed E-state index contributed by atoms with van der Waals surface area (Å²) in [5.41, 5.74) is 1.08. The quantitative estimate of drug-likeness (QED) is 0.793. The summed E-state index contributed by atoms with van der Waals surface area (Å²) < 4.78 is 27.8.